The highest BCUT2D eigenvalue weighted by molar-refractivity contribution is 7.17. The maximum atomic E-state index is 13.2. The van der Waals surface area contributed by atoms with Crippen LogP contribution in [0.15, 0.2) is 49.8 Å². The molecule has 43 heavy (non-hydrogen) atoms. The SMILES string of the molecule is CN(C)C(=O)c1cc2cnc(Nc3ccc(-c4csc5c(=O)cc(N6CCCCC6)oc45)[nH]c3=O)nc2n1C1CCCC1. The van der Waals surface area contributed by atoms with E-state index in [-0.39, 0.29) is 34.6 Å². The Kier molecular flexibility index (Phi) is 7.00. The van der Waals surface area contributed by atoms with E-state index in [1.165, 1.54) is 17.8 Å². The number of aromatic amines is 1. The largest absolute Gasteiger partial charge is 0.439 e. The molecule has 2 fully saturated rings. The standard InChI is InChI=1S/C31H33N7O4S/c1-36(2)30(41)23-14-18-16-32-31(35-28(18)38(23)19-8-4-5-9-19)34-22-11-10-21(33-29(22)40)20-17-43-27-24(39)15-25(42-26(20)27)37-12-6-3-7-13-37/h10-11,14-17,19H,3-9,12-13H2,1-2H3,(H,33,40)(H,32,34,35). The molecule has 2 N–H and O–H groups in total. The number of nitrogens with one attached hydrogen (secondary N) is 2. The van der Waals surface area contributed by atoms with Crippen LogP contribution in [0.25, 0.3) is 32.6 Å². The number of carbonyl (C=O) groups excluding carboxylic acids is 1. The molecule has 2 aliphatic rings. The van der Waals surface area contributed by atoms with Gasteiger partial charge in [0.2, 0.25) is 11.4 Å². The topological polar surface area (TPSA) is 129 Å². The quantitative estimate of drug-likeness (QED) is 0.262. The van der Waals surface area contributed by atoms with Gasteiger partial charge in [0.1, 0.15) is 21.7 Å². The third-order valence-corrected chi connectivity index (χ3v) is 9.41. The number of hydrogen-bond acceptors (Lipinski definition) is 9. The lowest BCUT2D eigenvalue weighted by molar-refractivity contribution is 0.0815. The molecule has 11 nitrogen and oxygen atoms in total. The molecule has 0 bridgehead atoms. The summed E-state index contributed by atoms with van der Waals surface area (Å²) in [6, 6.07) is 7.07. The van der Waals surface area contributed by atoms with Crippen molar-refractivity contribution in [3.05, 3.63) is 62.1 Å². The van der Waals surface area contributed by atoms with Gasteiger partial charge in [-0.2, -0.15) is 4.98 Å². The third-order valence-electron chi connectivity index (χ3n) is 8.44. The van der Waals surface area contributed by atoms with Crippen molar-refractivity contribution in [1.82, 2.24) is 24.4 Å². The summed E-state index contributed by atoms with van der Waals surface area (Å²) in [5.74, 6) is 0.763. The van der Waals surface area contributed by atoms with E-state index >= 15 is 0 Å². The van der Waals surface area contributed by atoms with Crippen LogP contribution in [0.5, 0.6) is 0 Å². The van der Waals surface area contributed by atoms with Gasteiger partial charge in [-0.3, -0.25) is 14.4 Å². The number of H-pyrrole nitrogens is 1. The van der Waals surface area contributed by atoms with Crippen LogP contribution in [-0.2, 0) is 0 Å². The van der Waals surface area contributed by atoms with Crippen molar-refractivity contribution in [2.75, 3.05) is 37.4 Å². The number of thiophene rings is 1. The first-order chi connectivity index (χ1) is 20.9. The van der Waals surface area contributed by atoms with Gasteiger partial charge < -0.3 is 29.1 Å². The zero-order valence-electron chi connectivity index (χ0n) is 24.2. The molecule has 6 heterocycles. The van der Waals surface area contributed by atoms with Crippen LogP contribution in [-0.4, -0.2) is 57.5 Å². The number of hydrogen-bond donors (Lipinski definition) is 2. The fraction of sp³-hybridized carbons (Fsp3) is 0.387. The smallest absolute Gasteiger partial charge is 0.272 e. The van der Waals surface area contributed by atoms with Gasteiger partial charge >= 0.3 is 0 Å². The van der Waals surface area contributed by atoms with Crippen LogP contribution in [0, 0.1) is 0 Å². The second kappa shape index (κ2) is 11.0. The van der Waals surface area contributed by atoms with E-state index in [1.54, 1.807) is 43.4 Å². The summed E-state index contributed by atoms with van der Waals surface area (Å²) in [5, 5.41) is 5.68. The van der Waals surface area contributed by atoms with Gasteiger partial charge in [-0.15, -0.1) is 11.3 Å². The lowest BCUT2D eigenvalue weighted by atomic mass is 10.1. The molecule has 5 aromatic heterocycles. The molecule has 7 rings (SSSR count). The first-order valence-electron chi connectivity index (χ1n) is 14.8. The van der Waals surface area contributed by atoms with Gasteiger partial charge in [-0.25, -0.2) is 4.98 Å². The second-order valence-electron chi connectivity index (χ2n) is 11.6. The van der Waals surface area contributed by atoms with Crippen molar-refractivity contribution in [2.45, 2.75) is 51.0 Å². The normalized spacial score (nSPS) is 15.9. The highest BCUT2D eigenvalue weighted by Gasteiger charge is 2.27. The molecule has 0 spiro atoms. The molecule has 12 heteroatoms. The Hall–Kier alpha value is -4.45. The molecule has 1 saturated carbocycles. The lowest BCUT2D eigenvalue weighted by Gasteiger charge is -2.26. The van der Waals surface area contributed by atoms with Crippen LogP contribution in [0.3, 0.4) is 0 Å². The number of nitrogens with zero attached hydrogens (tertiary/aromatic N) is 5. The summed E-state index contributed by atoms with van der Waals surface area (Å²) in [5.41, 5.74) is 2.82. The molecule has 1 amide bonds. The van der Waals surface area contributed by atoms with Gasteiger partial charge in [-0.05, 0) is 50.3 Å². The maximum Gasteiger partial charge on any atom is 0.272 e. The Morgan fingerprint density at radius 3 is 2.63 bits per heavy atom. The number of amides is 1. The van der Waals surface area contributed by atoms with E-state index < -0.39 is 0 Å². The van der Waals surface area contributed by atoms with Crippen LogP contribution >= 0.6 is 11.3 Å². The Morgan fingerprint density at radius 1 is 1.09 bits per heavy atom. The predicted octanol–water partition coefficient (Wildman–Crippen LogP) is 5.51. The summed E-state index contributed by atoms with van der Waals surface area (Å²) in [6.45, 7) is 1.72. The summed E-state index contributed by atoms with van der Waals surface area (Å²) < 4.78 is 8.82. The molecule has 1 saturated heterocycles. The number of rotatable bonds is 6. The van der Waals surface area contributed by atoms with Crippen molar-refractivity contribution >= 4 is 56.1 Å². The zero-order chi connectivity index (χ0) is 29.7. The van der Waals surface area contributed by atoms with Gasteiger partial charge in [0.25, 0.3) is 11.5 Å². The predicted molar refractivity (Wildman–Crippen MR) is 169 cm³/mol. The number of carbonyl (C=O) groups is 1. The average molecular weight is 600 g/mol. The Labute approximate surface area is 251 Å². The maximum absolute atomic E-state index is 13.2. The molecule has 1 aliphatic heterocycles. The van der Waals surface area contributed by atoms with E-state index in [9.17, 15) is 14.4 Å². The number of pyridine rings is 1. The molecule has 0 aromatic carbocycles. The van der Waals surface area contributed by atoms with Crippen LogP contribution in [0.4, 0.5) is 17.5 Å². The molecule has 0 atom stereocenters. The van der Waals surface area contributed by atoms with Crippen molar-refractivity contribution in [3.63, 3.8) is 0 Å². The fourth-order valence-corrected chi connectivity index (χ4v) is 7.13. The summed E-state index contributed by atoms with van der Waals surface area (Å²) in [7, 11) is 3.49. The van der Waals surface area contributed by atoms with Crippen LogP contribution in [0.1, 0.15) is 61.5 Å². The van der Waals surface area contributed by atoms with E-state index in [1.807, 2.05) is 16.0 Å². The average Bonchev–Trinajstić information content (AvgIpc) is 3.77. The van der Waals surface area contributed by atoms with Gasteiger partial charge in [0.15, 0.2) is 11.5 Å². The van der Waals surface area contributed by atoms with Crippen molar-refractivity contribution in [3.8, 4) is 11.3 Å². The third kappa shape index (κ3) is 4.99. The monoisotopic (exact) mass is 599 g/mol. The highest BCUT2D eigenvalue weighted by Crippen LogP contribution is 2.36. The van der Waals surface area contributed by atoms with Crippen molar-refractivity contribution in [2.24, 2.45) is 0 Å². The van der Waals surface area contributed by atoms with E-state index in [4.69, 9.17) is 9.40 Å². The van der Waals surface area contributed by atoms with E-state index in [0.29, 0.717) is 38.8 Å². The van der Waals surface area contributed by atoms with E-state index in [2.05, 4.69) is 20.2 Å². The van der Waals surface area contributed by atoms with Crippen LogP contribution < -0.4 is 21.2 Å². The molecule has 1 aliphatic carbocycles. The molecule has 0 unspecified atom stereocenters. The Bertz CT molecular complexity index is 1960. The van der Waals surface area contributed by atoms with Gasteiger partial charge in [0, 0.05) is 56.3 Å². The lowest BCUT2D eigenvalue weighted by Crippen LogP contribution is -2.29. The minimum Gasteiger partial charge on any atom is -0.439 e. The molecule has 0 radical (unpaired) electrons. The molecular weight excluding hydrogens is 566 g/mol. The van der Waals surface area contributed by atoms with Gasteiger partial charge in [0.05, 0.1) is 11.3 Å². The van der Waals surface area contributed by atoms with Crippen LogP contribution in [0.2, 0.25) is 0 Å². The Balaban J connectivity index is 1.21. The van der Waals surface area contributed by atoms with Crippen molar-refractivity contribution < 1.29 is 9.21 Å². The van der Waals surface area contributed by atoms with Crippen molar-refractivity contribution in [1.29, 1.82) is 0 Å². The number of anilines is 3. The number of aromatic nitrogens is 4. The minimum atomic E-state index is -0.357. The first kappa shape index (κ1) is 27.4. The second-order valence-corrected chi connectivity index (χ2v) is 12.4. The Morgan fingerprint density at radius 2 is 1.88 bits per heavy atom. The summed E-state index contributed by atoms with van der Waals surface area (Å²) in [4.78, 5) is 55.0. The summed E-state index contributed by atoms with van der Waals surface area (Å²) in [6.07, 6.45) is 9.20. The van der Waals surface area contributed by atoms with E-state index in [0.717, 1.165) is 57.0 Å². The highest BCUT2D eigenvalue weighted by atomic mass is 32.1. The first-order valence-corrected chi connectivity index (χ1v) is 15.7. The van der Waals surface area contributed by atoms with Gasteiger partial charge in [-0.1, -0.05) is 12.8 Å². The molecule has 5 aromatic rings. The summed E-state index contributed by atoms with van der Waals surface area (Å²) >= 11 is 1.31. The zero-order valence-corrected chi connectivity index (χ0v) is 25.0. The number of piperidine rings is 1. The molecule has 222 valence electrons. The minimum absolute atomic E-state index is 0.0775. The fourth-order valence-electron chi connectivity index (χ4n) is 6.23. The number of fused-ring (bicyclic) bond motifs is 2. The molecular formula is C31H33N7O4S.